The molecule has 0 atom stereocenters. The number of benzene rings is 1. The van der Waals surface area contributed by atoms with E-state index in [1.54, 1.807) is 12.1 Å². The van der Waals surface area contributed by atoms with Crippen molar-refractivity contribution in [2.45, 2.75) is 6.42 Å². The van der Waals surface area contributed by atoms with E-state index in [1.807, 2.05) is 0 Å². The van der Waals surface area contributed by atoms with E-state index in [0.29, 0.717) is 6.54 Å². The molecule has 15 heavy (non-hydrogen) atoms. The normalized spacial score (nSPS) is 11.4. The van der Waals surface area contributed by atoms with Gasteiger partial charge in [-0.2, -0.15) is 0 Å². The Hall–Kier alpha value is -0.742. The molecule has 1 aromatic carbocycles. The van der Waals surface area contributed by atoms with Crippen molar-refractivity contribution in [2.75, 3.05) is 18.4 Å². The zero-order valence-corrected chi connectivity index (χ0v) is 10.1. The van der Waals surface area contributed by atoms with Crippen LogP contribution in [-0.4, -0.2) is 35.5 Å². The number of hydrogen-bond donors (Lipinski definition) is 4. The van der Waals surface area contributed by atoms with Crippen LogP contribution in [0.15, 0.2) is 24.3 Å². The van der Waals surface area contributed by atoms with Gasteiger partial charge < -0.3 is 0 Å². The van der Waals surface area contributed by atoms with Gasteiger partial charge >= 0.3 is 91.0 Å². The molecule has 0 unspecified atom stereocenters. The summed E-state index contributed by atoms with van der Waals surface area (Å²) in [5, 5.41) is 3.10. The summed E-state index contributed by atoms with van der Waals surface area (Å²) in [6.07, 6.45) is 0.865. The molecule has 1 aromatic rings. The first-order chi connectivity index (χ1) is 7.04. The predicted molar refractivity (Wildman–Crippen MR) is 59.1 cm³/mol. The van der Waals surface area contributed by atoms with E-state index in [1.165, 1.54) is 12.1 Å². The van der Waals surface area contributed by atoms with Gasteiger partial charge in [-0.05, 0) is 0 Å². The first-order valence-corrected chi connectivity index (χ1v) is 8.02. The van der Waals surface area contributed by atoms with Gasteiger partial charge in [-0.15, -0.1) is 0 Å². The van der Waals surface area contributed by atoms with Gasteiger partial charge in [0.25, 0.3) is 0 Å². The van der Waals surface area contributed by atoms with Gasteiger partial charge in [0.1, 0.15) is 0 Å². The minimum absolute atomic E-state index is 0.0949. The van der Waals surface area contributed by atoms with Crippen molar-refractivity contribution in [3.05, 3.63) is 24.3 Å². The molecule has 0 aromatic heterocycles. The van der Waals surface area contributed by atoms with Crippen LogP contribution >= 0.6 is 0 Å². The van der Waals surface area contributed by atoms with Crippen molar-refractivity contribution in [1.82, 2.24) is 0 Å². The summed E-state index contributed by atoms with van der Waals surface area (Å²) in [5.74, 6) is 0. The number of anilines is 1. The number of hydrogen-bond acceptors (Lipinski definition) is 3. The van der Waals surface area contributed by atoms with Crippen molar-refractivity contribution >= 4 is 24.2 Å². The Bertz CT molecular complexity index is 347. The molecule has 5 N–H and O–H groups in total. The molecule has 0 radical (unpaired) electrons. The fraction of sp³-hybridized carbons (Fsp3) is 0.333. The molecular formula is C9H15AsN2O3. The van der Waals surface area contributed by atoms with E-state index in [4.69, 9.17) is 13.9 Å². The standard InChI is InChI=1S/C9H15AsN2O3/c11-6-1-7-12-9-4-2-8(3-5-9)10(13,14)15/h2-5,12H,1,6-7,11H2,(H2,13,14,15). The number of nitrogens with two attached hydrogens (primary N) is 1. The fourth-order valence-electron chi connectivity index (χ4n) is 1.11. The zero-order valence-electron chi connectivity index (χ0n) is 8.26. The Balaban J connectivity index is 2.61. The summed E-state index contributed by atoms with van der Waals surface area (Å²) in [7, 11) is 0. The van der Waals surface area contributed by atoms with Gasteiger partial charge in [0, 0.05) is 0 Å². The summed E-state index contributed by atoms with van der Waals surface area (Å²) in [6, 6.07) is 6.22. The molecule has 0 heterocycles. The third-order valence-electron chi connectivity index (χ3n) is 1.91. The van der Waals surface area contributed by atoms with Crippen LogP contribution in [0.5, 0.6) is 0 Å². The Morgan fingerprint density at radius 2 is 1.87 bits per heavy atom. The Morgan fingerprint density at radius 1 is 1.27 bits per heavy atom. The zero-order chi connectivity index (χ0) is 11.3. The first-order valence-electron chi connectivity index (χ1n) is 4.64. The predicted octanol–water partition coefficient (Wildman–Crippen LogP) is -0.992. The molecule has 0 aliphatic rings. The van der Waals surface area contributed by atoms with Crippen LogP contribution in [0.4, 0.5) is 5.69 Å². The Morgan fingerprint density at radius 3 is 2.33 bits per heavy atom. The minimum atomic E-state index is -4.72. The molecule has 0 bridgehead atoms. The maximum absolute atomic E-state index is 10.9. The molecule has 6 heteroatoms. The average molecular weight is 274 g/mol. The van der Waals surface area contributed by atoms with Gasteiger partial charge in [-0.25, -0.2) is 0 Å². The second-order valence-corrected chi connectivity index (χ2v) is 6.53. The second kappa shape index (κ2) is 5.37. The summed E-state index contributed by atoms with van der Waals surface area (Å²) in [4.78, 5) is 0. The van der Waals surface area contributed by atoms with Crippen LogP contribution in [0.3, 0.4) is 0 Å². The topological polar surface area (TPSA) is 95.6 Å². The number of rotatable bonds is 5. The van der Waals surface area contributed by atoms with E-state index in [-0.39, 0.29) is 4.35 Å². The monoisotopic (exact) mass is 274 g/mol. The summed E-state index contributed by atoms with van der Waals surface area (Å²) < 4.78 is 28.9. The molecule has 0 amide bonds. The van der Waals surface area contributed by atoms with Crippen LogP contribution in [0.25, 0.3) is 0 Å². The third-order valence-corrected chi connectivity index (χ3v) is 3.95. The van der Waals surface area contributed by atoms with E-state index >= 15 is 0 Å². The molecule has 0 aliphatic heterocycles. The molecule has 0 spiro atoms. The molecule has 1 rings (SSSR count). The van der Waals surface area contributed by atoms with E-state index < -0.39 is 14.2 Å². The molecule has 0 fully saturated rings. The third kappa shape index (κ3) is 4.09. The van der Waals surface area contributed by atoms with E-state index in [0.717, 1.165) is 18.7 Å². The van der Waals surface area contributed by atoms with Crippen molar-refractivity contribution in [1.29, 1.82) is 0 Å². The van der Waals surface area contributed by atoms with Gasteiger partial charge in [0.15, 0.2) is 0 Å². The molecular weight excluding hydrogens is 259 g/mol. The van der Waals surface area contributed by atoms with Gasteiger partial charge in [0.2, 0.25) is 0 Å². The molecule has 0 saturated carbocycles. The van der Waals surface area contributed by atoms with Crippen LogP contribution in [0.1, 0.15) is 6.42 Å². The summed E-state index contributed by atoms with van der Waals surface area (Å²) >= 11 is -4.72. The molecule has 5 nitrogen and oxygen atoms in total. The SMILES string of the molecule is NCCCNc1ccc([As](=O)(O)O)cc1. The fourth-order valence-corrected chi connectivity index (χ4v) is 2.24. The van der Waals surface area contributed by atoms with Crippen molar-refractivity contribution < 1.29 is 11.9 Å². The van der Waals surface area contributed by atoms with Gasteiger partial charge in [-0.3, -0.25) is 0 Å². The van der Waals surface area contributed by atoms with Gasteiger partial charge in [-0.1, -0.05) is 0 Å². The van der Waals surface area contributed by atoms with Crippen LogP contribution < -0.4 is 15.4 Å². The van der Waals surface area contributed by atoms with Crippen molar-refractivity contribution in [3.8, 4) is 0 Å². The van der Waals surface area contributed by atoms with Crippen molar-refractivity contribution in [2.24, 2.45) is 5.73 Å². The quantitative estimate of drug-likeness (QED) is 0.408. The van der Waals surface area contributed by atoms with E-state index in [2.05, 4.69) is 5.32 Å². The molecule has 84 valence electrons. The Labute approximate surface area is 91.3 Å². The Kier molecular flexibility index (Phi) is 4.42. The van der Waals surface area contributed by atoms with Crippen LogP contribution in [-0.2, 0) is 3.74 Å². The molecule has 0 aliphatic carbocycles. The average Bonchev–Trinajstić information content (AvgIpc) is 2.18. The summed E-state index contributed by atoms with van der Waals surface area (Å²) in [5.41, 5.74) is 6.18. The summed E-state index contributed by atoms with van der Waals surface area (Å²) in [6.45, 7) is 1.38. The number of nitrogens with one attached hydrogen (secondary N) is 1. The first kappa shape index (κ1) is 12.3. The van der Waals surface area contributed by atoms with Crippen LogP contribution in [0.2, 0.25) is 0 Å². The second-order valence-electron chi connectivity index (χ2n) is 3.16. The van der Waals surface area contributed by atoms with E-state index in [9.17, 15) is 3.74 Å². The van der Waals surface area contributed by atoms with Crippen molar-refractivity contribution in [3.63, 3.8) is 0 Å². The molecule has 0 saturated heterocycles. The van der Waals surface area contributed by atoms with Gasteiger partial charge in [0.05, 0.1) is 0 Å². The maximum atomic E-state index is 10.9. The van der Waals surface area contributed by atoms with Crippen LogP contribution in [0, 0.1) is 0 Å².